The Kier molecular flexibility index (Phi) is 16.6. The highest BCUT2D eigenvalue weighted by Crippen LogP contribution is 2.33. The van der Waals surface area contributed by atoms with E-state index in [1.54, 1.807) is 12.1 Å². The summed E-state index contributed by atoms with van der Waals surface area (Å²) in [5, 5.41) is 18.9. The van der Waals surface area contributed by atoms with E-state index in [0.29, 0.717) is 11.5 Å². The number of rotatable bonds is 16. The quantitative estimate of drug-likeness (QED) is 0.144. The summed E-state index contributed by atoms with van der Waals surface area (Å²) < 4.78 is 0.950. The van der Waals surface area contributed by atoms with Crippen molar-refractivity contribution < 1.29 is 10.2 Å². The Balaban J connectivity index is 0.000000371. The summed E-state index contributed by atoms with van der Waals surface area (Å²) in [4.78, 5) is 0. The van der Waals surface area contributed by atoms with Crippen molar-refractivity contribution in [2.75, 3.05) is 0 Å². The highest BCUT2D eigenvalue weighted by molar-refractivity contribution is 14.1. The first-order chi connectivity index (χ1) is 17.5. The summed E-state index contributed by atoms with van der Waals surface area (Å²) in [5.74, 6) is 0.744. The molecule has 2 aromatic carbocycles. The van der Waals surface area contributed by atoms with Crippen molar-refractivity contribution in [1.82, 2.24) is 0 Å². The van der Waals surface area contributed by atoms with Crippen LogP contribution >= 0.6 is 22.6 Å². The van der Waals surface area contributed by atoms with Gasteiger partial charge in [0, 0.05) is 0 Å². The van der Waals surface area contributed by atoms with Crippen molar-refractivity contribution in [2.24, 2.45) is 0 Å². The van der Waals surface area contributed by atoms with Gasteiger partial charge in [-0.2, -0.15) is 0 Å². The van der Waals surface area contributed by atoms with E-state index in [2.05, 4.69) is 76.3 Å². The second kappa shape index (κ2) is 18.1. The lowest BCUT2D eigenvalue weighted by Gasteiger charge is -2.25. The van der Waals surface area contributed by atoms with Gasteiger partial charge in [-0.25, -0.2) is 0 Å². The molecule has 0 saturated carbocycles. The largest absolute Gasteiger partial charge is 0.508 e. The Hall–Kier alpha value is -1.23. The van der Waals surface area contributed by atoms with Gasteiger partial charge in [0.25, 0.3) is 0 Å². The summed E-state index contributed by atoms with van der Waals surface area (Å²) in [7, 11) is 0. The van der Waals surface area contributed by atoms with E-state index >= 15 is 0 Å². The minimum absolute atomic E-state index is 0.207. The summed E-state index contributed by atoms with van der Waals surface area (Å²) >= 11 is 2.20. The van der Waals surface area contributed by atoms with E-state index < -0.39 is 0 Å². The Morgan fingerprint density at radius 2 is 0.973 bits per heavy atom. The zero-order valence-electron chi connectivity index (χ0n) is 24.7. The number of phenols is 2. The molecule has 2 rings (SSSR count). The SMILES string of the molecule is CCCCCCCCC(C)(C)c1ccc(O)c(I)c1.CCCCCCCCC(C)(C)c1ccc(O)cc1. The summed E-state index contributed by atoms with van der Waals surface area (Å²) in [6.07, 6.45) is 18.6. The first kappa shape index (κ1) is 33.8. The van der Waals surface area contributed by atoms with Crippen molar-refractivity contribution >= 4 is 22.6 Å². The predicted molar refractivity (Wildman–Crippen MR) is 171 cm³/mol. The van der Waals surface area contributed by atoms with Crippen LogP contribution in [0.4, 0.5) is 0 Å². The van der Waals surface area contributed by atoms with Crippen LogP contribution in [0.3, 0.4) is 0 Å². The van der Waals surface area contributed by atoms with Crippen LogP contribution in [-0.2, 0) is 10.8 Å². The van der Waals surface area contributed by atoms with Gasteiger partial charge in [0.2, 0.25) is 0 Å². The smallest absolute Gasteiger partial charge is 0.128 e. The fourth-order valence-electron chi connectivity index (χ4n) is 4.82. The first-order valence-electron chi connectivity index (χ1n) is 14.8. The van der Waals surface area contributed by atoms with Gasteiger partial charge in [-0.05, 0) is 81.7 Å². The van der Waals surface area contributed by atoms with Gasteiger partial charge in [0.1, 0.15) is 11.5 Å². The molecule has 0 bridgehead atoms. The lowest BCUT2D eigenvalue weighted by atomic mass is 9.80. The number of hydrogen-bond acceptors (Lipinski definition) is 2. The van der Waals surface area contributed by atoms with Crippen LogP contribution in [0.2, 0.25) is 0 Å². The van der Waals surface area contributed by atoms with Gasteiger partial charge in [-0.15, -0.1) is 0 Å². The zero-order chi connectivity index (χ0) is 27.7. The minimum atomic E-state index is 0.207. The highest BCUT2D eigenvalue weighted by Gasteiger charge is 2.21. The molecular formula is C34H55IO2. The molecule has 0 spiro atoms. The van der Waals surface area contributed by atoms with Crippen molar-refractivity contribution in [3.63, 3.8) is 0 Å². The van der Waals surface area contributed by atoms with Gasteiger partial charge < -0.3 is 10.2 Å². The first-order valence-corrected chi connectivity index (χ1v) is 15.9. The van der Waals surface area contributed by atoms with Crippen LogP contribution in [0.25, 0.3) is 0 Å². The molecule has 0 aliphatic heterocycles. The van der Waals surface area contributed by atoms with E-state index in [1.807, 2.05) is 18.2 Å². The van der Waals surface area contributed by atoms with Crippen LogP contribution in [0.1, 0.15) is 143 Å². The molecular weight excluding hydrogens is 567 g/mol. The van der Waals surface area contributed by atoms with E-state index in [4.69, 9.17) is 0 Å². The molecule has 0 amide bonds. The third kappa shape index (κ3) is 13.9. The molecule has 210 valence electrons. The fourth-order valence-corrected chi connectivity index (χ4v) is 5.34. The molecule has 0 unspecified atom stereocenters. The third-order valence-corrected chi connectivity index (χ3v) is 8.55. The topological polar surface area (TPSA) is 40.5 Å². The second-order valence-corrected chi connectivity index (χ2v) is 13.2. The summed E-state index contributed by atoms with van der Waals surface area (Å²) in [6, 6.07) is 13.7. The zero-order valence-corrected chi connectivity index (χ0v) is 26.9. The molecule has 3 heteroatoms. The molecule has 37 heavy (non-hydrogen) atoms. The monoisotopic (exact) mass is 622 g/mol. The average molecular weight is 623 g/mol. The van der Waals surface area contributed by atoms with Gasteiger partial charge in [-0.1, -0.05) is 137 Å². The van der Waals surface area contributed by atoms with E-state index in [-0.39, 0.29) is 10.8 Å². The predicted octanol–water partition coefficient (Wildman–Crippen LogP) is 11.4. The Morgan fingerprint density at radius 1 is 0.568 bits per heavy atom. The molecule has 0 atom stereocenters. The van der Waals surface area contributed by atoms with Gasteiger partial charge in [-0.3, -0.25) is 0 Å². The number of benzene rings is 2. The highest BCUT2D eigenvalue weighted by atomic mass is 127. The molecule has 2 aromatic rings. The average Bonchev–Trinajstić information content (AvgIpc) is 2.86. The molecule has 0 aromatic heterocycles. The summed E-state index contributed by atoms with van der Waals surface area (Å²) in [5.41, 5.74) is 3.09. The maximum Gasteiger partial charge on any atom is 0.128 e. The maximum atomic E-state index is 9.60. The van der Waals surface area contributed by atoms with Crippen molar-refractivity contribution in [3.05, 3.63) is 57.2 Å². The Bertz CT molecular complexity index is 855. The third-order valence-electron chi connectivity index (χ3n) is 7.69. The lowest BCUT2D eigenvalue weighted by molar-refractivity contribution is 0.439. The van der Waals surface area contributed by atoms with Gasteiger partial charge in [0.15, 0.2) is 0 Å². The number of hydrogen-bond donors (Lipinski definition) is 2. The lowest BCUT2D eigenvalue weighted by Crippen LogP contribution is -2.17. The molecule has 0 aliphatic carbocycles. The maximum absolute atomic E-state index is 9.60. The van der Waals surface area contributed by atoms with Gasteiger partial charge >= 0.3 is 0 Å². The Labute approximate surface area is 242 Å². The molecule has 2 N–H and O–H groups in total. The number of aromatic hydroxyl groups is 2. The molecule has 2 nitrogen and oxygen atoms in total. The molecule has 0 fully saturated rings. The van der Waals surface area contributed by atoms with Crippen LogP contribution in [0, 0.1) is 3.57 Å². The molecule has 0 aliphatic rings. The standard InChI is InChI=1S/C17H27IO.C17H28O/c1-4-5-6-7-8-9-12-17(2,3)14-10-11-16(19)15(18)13-14;1-4-5-6-7-8-9-14-17(2,3)15-10-12-16(18)13-11-15/h10-11,13,19H,4-9,12H2,1-3H3;10-13,18H,4-9,14H2,1-3H3. The van der Waals surface area contributed by atoms with E-state index in [0.717, 1.165) is 3.57 Å². The molecule has 0 radical (unpaired) electrons. The minimum Gasteiger partial charge on any atom is -0.508 e. The van der Waals surface area contributed by atoms with Crippen LogP contribution < -0.4 is 0 Å². The number of halogens is 1. The van der Waals surface area contributed by atoms with Crippen molar-refractivity contribution in [2.45, 2.75) is 142 Å². The Morgan fingerprint density at radius 3 is 1.43 bits per heavy atom. The van der Waals surface area contributed by atoms with Crippen LogP contribution in [0.15, 0.2) is 42.5 Å². The fraction of sp³-hybridized carbons (Fsp3) is 0.647. The second-order valence-electron chi connectivity index (χ2n) is 12.0. The molecule has 0 saturated heterocycles. The van der Waals surface area contributed by atoms with Crippen LogP contribution in [-0.4, -0.2) is 10.2 Å². The van der Waals surface area contributed by atoms with E-state index in [1.165, 1.54) is 101 Å². The molecule has 0 heterocycles. The van der Waals surface area contributed by atoms with E-state index in [9.17, 15) is 10.2 Å². The van der Waals surface area contributed by atoms with Crippen molar-refractivity contribution in [1.29, 1.82) is 0 Å². The van der Waals surface area contributed by atoms with Crippen molar-refractivity contribution in [3.8, 4) is 11.5 Å². The number of unbranched alkanes of at least 4 members (excludes halogenated alkanes) is 10. The summed E-state index contributed by atoms with van der Waals surface area (Å²) in [6.45, 7) is 13.7. The van der Waals surface area contributed by atoms with Gasteiger partial charge in [0.05, 0.1) is 3.57 Å². The number of phenolic OH excluding ortho intramolecular Hbond substituents is 2. The normalized spacial score (nSPS) is 11.8. The van der Waals surface area contributed by atoms with Crippen LogP contribution in [0.5, 0.6) is 11.5 Å².